The average Bonchev–Trinajstić information content (AvgIpc) is 2.33. The molecule has 2 rings (SSSR count). The zero-order valence-electron chi connectivity index (χ0n) is 10.3. The van der Waals surface area contributed by atoms with Gasteiger partial charge >= 0.3 is 0 Å². The molecule has 0 N–H and O–H groups in total. The molecule has 0 radical (unpaired) electrons. The maximum Gasteiger partial charge on any atom is 0.0783 e. The van der Waals surface area contributed by atoms with Crippen LogP contribution in [0.4, 0.5) is 0 Å². The third-order valence-electron chi connectivity index (χ3n) is 3.98. The summed E-state index contributed by atoms with van der Waals surface area (Å²) in [7, 11) is 0. The van der Waals surface area contributed by atoms with Gasteiger partial charge in [0.2, 0.25) is 0 Å². The predicted octanol–water partition coefficient (Wildman–Crippen LogP) is 3.77. The van der Waals surface area contributed by atoms with E-state index in [1.165, 1.54) is 5.56 Å². The Hall–Kier alpha value is -1.08. The van der Waals surface area contributed by atoms with Crippen LogP contribution in [-0.2, 0) is 4.74 Å². The third kappa shape index (κ3) is 1.92. The van der Waals surface area contributed by atoms with Crippen molar-refractivity contribution >= 4 is 0 Å². The first-order valence-electron chi connectivity index (χ1n) is 6.00. The van der Waals surface area contributed by atoms with Crippen molar-refractivity contribution in [2.24, 2.45) is 5.92 Å². The monoisotopic (exact) mass is 216 g/mol. The summed E-state index contributed by atoms with van der Waals surface area (Å²) in [6.45, 7) is 7.44. The minimum atomic E-state index is -0.0872. The minimum Gasteiger partial charge on any atom is -0.370 e. The molecule has 0 bridgehead atoms. The molecule has 1 aromatic rings. The van der Waals surface area contributed by atoms with Gasteiger partial charge in [0.05, 0.1) is 12.2 Å². The molecule has 0 spiro atoms. The molecule has 0 saturated carbocycles. The van der Waals surface area contributed by atoms with Gasteiger partial charge in [0.25, 0.3) is 0 Å². The molecule has 86 valence electrons. The fraction of sp³-hybridized carbons (Fsp3) is 0.467. The standard InChI is InChI=1S/C15H20O/c1-12-8-7-11-16-15(12,3)13(2)14-9-5-4-6-10-14/h4-10,12-13H,11H2,1-3H3. The van der Waals surface area contributed by atoms with Gasteiger partial charge in [-0.05, 0) is 12.5 Å². The van der Waals surface area contributed by atoms with Gasteiger partial charge in [-0.15, -0.1) is 0 Å². The van der Waals surface area contributed by atoms with E-state index >= 15 is 0 Å². The highest BCUT2D eigenvalue weighted by molar-refractivity contribution is 5.24. The second kappa shape index (κ2) is 4.42. The first-order chi connectivity index (χ1) is 7.64. The number of hydrogen-bond donors (Lipinski definition) is 0. The quantitative estimate of drug-likeness (QED) is 0.684. The SMILES string of the molecule is CC1C=CCOC1(C)C(C)c1ccccc1. The van der Waals surface area contributed by atoms with E-state index in [1.54, 1.807) is 0 Å². The van der Waals surface area contributed by atoms with Gasteiger partial charge in [0, 0.05) is 11.8 Å². The van der Waals surface area contributed by atoms with Crippen LogP contribution >= 0.6 is 0 Å². The number of benzene rings is 1. The van der Waals surface area contributed by atoms with E-state index in [1.807, 2.05) is 0 Å². The van der Waals surface area contributed by atoms with Crippen LogP contribution in [0.3, 0.4) is 0 Å². The van der Waals surface area contributed by atoms with Crippen molar-refractivity contribution in [2.45, 2.75) is 32.3 Å². The molecule has 1 heterocycles. The Morgan fingerprint density at radius 1 is 1.31 bits per heavy atom. The van der Waals surface area contributed by atoms with Crippen LogP contribution in [0.5, 0.6) is 0 Å². The number of rotatable bonds is 2. The molecule has 0 aromatic heterocycles. The molecular weight excluding hydrogens is 196 g/mol. The van der Waals surface area contributed by atoms with Gasteiger partial charge in [-0.2, -0.15) is 0 Å². The van der Waals surface area contributed by atoms with Crippen LogP contribution < -0.4 is 0 Å². The molecule has 1 nitrogen and oxygen atoms in total. The first-order valence-corrected chi connectivity index (χ1v) is 6.00. The molecule has 0 saturated heterocycles. The molecule has 0 fully saturated rings. The molecule has 3 unspecified atom stereocenters. The Bertz CT molecular complexity index is 368. The predicted molar refractivity (Wildman–Crippen MR) is 67.5 cm³/mol. The van der Waals surface area contributed by atoms with Gasteiger partial charge in [-0.3, -0.25) is 0 Å². The Morgan fingerprint density at radius 3 is 2.62 bits per heavy atom. The van der Waals surface area contributed by atoms with E-state index in [2.05, 4.69) is 63.3 Å². The summed E-state index contributed by atoms with van der Waals surface area (Å²) in [5.74, 6) is 0.866. The maximum atomic E-state index is 6.01. The van der Waals surface area contributed by atoms with E-state index in [0.29, 0.717) is 11.8 Å². The van der Waals surface area contributed by atoms with Gasteiger partial charge in [0.1, 0.15) is 0 Å². The van der Waals surface area contributed by atoms with Crippen molar-refractivity contribution in [1.29, 1.82) is 0 Å². The highest BCUT2D eigenvalue weighted by Gasteiger charge is 2.38. The van der Waals surface area contributed by atoms with Gasteiger partial charge in [-0.1, -0.05) is 56.3 Å². The maximum absolute atomic E-state index is 6.01. The smallest absolute Gasteiger partial charge is 0.0783 e. The van der Waals surface area contributed by atoms with Crippen molar-refractivity contribution in [3.8, 4) is 0 Å². The van der Waals surface area contributed by atoms with E-state index in [9.17, 15) is 0 Å². The normalized spacial score (nSPS) is 31.3. The Kier molecular flexibility index (Phi) is 3.15. The molecule has 1 heteroatoms. The molecule has 0 amide bonds. The van der Waals surface area contributed by atoms with Crippen LogP contribution in [0.2, 0.25) is 0 Å². The Balaban J connectivity index is 2.27. The van der Waals surface area contributed by atoms with Crippen LogP contribution in [0, 0.1) is 5.92 Å². The van der Waals surface area contributed by atoms with E-state index < -0.39 is 0 Å². The summed E-state index contributed by atoms with van der Waals surface area (Å²) < 4.78 is 6.01. The van der Waals surface area contributed by atoms with Crippen molar-refractivity contribution in [3.05, 3.63) is 48.0 Å². The van der Waals surface area contributed by atoms with Crippen molar-refractivity contribution in [1.82, 2.24) is 0 Å². The van der Waals surface area contributed by atoms with E-state index in [-0.39, 0.29) is 5.60 Å². The fourth-order valence-corrected chi connectivity index (χ4v) is 2.40. The Labute approximate surface area is 98.1 Å². The summed E-state index contributed by atoms with van der Waals surface area (Å²) in [4.78, 5) is 0. The summed E-state index contributed by atoms with van der Waals surface area (Å²) >= 11 is 0. The largest absolute Gasteiger partial charge is 0.370 e. The molecule has 1 aliphatic rings. The summed E-state index contributed by atoms with van der Waals surface area (Å²) in [6, 6.07) is 10.6. The first kappa shape index (κ1) is 11.4. The Morgan fingerprint density at radius 2 is 2.00 bits per heavy atom. The van der Waals surface area contributed by atoms with Gasteiger partial charge in [0.15, 0.2) is 0 Å². The van der Waals surface area contributed by atoms with Crippen molar-refractivity contribution < 1.29 is 4.74 Å². The lowest BCUT2D eigenvalue weighted by Crippen LogP contribution is -2.42. The third-order valence-corrected chi connectivity index (χ3v) is 3.98. The highest BCUT2D eigenvalue weighted by atomic mass is 16.5. The summed E-state index contributed by atoms with van der Waals surface area (Å²) in [6.07, 6.45) is 4.38. The van der Waals surface area contributed by atoms with Gasteiger partial charge < -0.3 is 4.74 Å². The minimum absolute atomic E-state index is 0.0872. The number of ether oxygens (including phenoxy) is 1. The topological polar surface area (TPSA) is 9.23 Å². The fourth-order valence-electron chi connectivity index (χ4n) is 2.40. The molecular formula is C15H20O. The van der Waals surface area contributed by atoms with Crippen LogP contribution in [0.1, 0.15) is 32.3 Å². The summed E-state index contributed by atoms with van der Waals surface area (Å²) in [5, 5.41) is 0. The molecule has 0 aliphatic carbocycles. The second-order valence-corrected chi connectivity index (χ2v) is 4.84. The molecule has 1 aliphatic heterocycles. The zero-order valence-corrected chi connectivity index (χ0v) is 10.3. The lowest BCUT2D eigenvalue weighted by Gasteiger charge is -2.41. The van der Waals surface area contributed by atoms with Crippen LogP contribution in [0.25, 0.3) is 0 Å². The van der Waals surface area contributed by atoms with Crippen LogP contribution in [-0.4, -0.2) is 12.2 Å². The number of hydrogen-bond acceptors (Lipinski definition) is 1. The molecule has 16 heavy (non-hydrogen) atoms. The average molecular weight is 216 g/mol. The zero-order chi connectivity index (χ0) is 11.6. The van der Waals surface area contributed by atoms with E-state index in [4.69, 9.17) is 4.74 Å². The highest BCUT2D eigenvalue weighted by Crippen LogP contribution is 2.39. The lowest BCUT2D eigenvalue weighted by atomic mass is 9.75. The van der Waals surface area contributed by atoms with Crippen molar-refractivity contribution in [3.63, 3.8) is 0 Å². The van der Waals surface area contributed by atoms with E-state index in [0.717, 1.165) is 6.61 Å². The van der Waals surface area contributed by atoms with Crippen molar-refractivity contribution in [2.75, 3.05) is 6.61 Å². The second-order valence-electron chi connectivity index (χ2n) is 4.84. The lowest BCUT2D eigenvalue weighted by molar-refractivity contribution is -0.0685. The summed E-state index contributed by atoms with van der Waals surface area (Å²) in [5.41, 5.74) is 1.27. The molecule has 3 atom stereocenters. The van der Waals surface area contributed by atoms with Gasteiger partial charge in [-0.25, -0.2) is 0 Å². The molecule has 1 aromatic carbocycles. The van der Waals surface area contributed by atoms with Crippen LogP contribution in [0.15, 0.2) is 42.5 Å².